The first kappa shape index (κ1) is 26.9. The summed E-state index contributed by atoms with van der Waals surface area (Å²) in [5, 5.41) is 11.2. The summed E-state index contributed by atoms with van der Waals surface area (Å²) in [6, 6.07) is 12.5. The minimum Gasteiger partial charge on any atom is -0.507 e. The molecule has 192 valence electrons. The molecule has 1 aliphatic rings. The highest BCUT2D eigenvalue weighted by atomic mass is 16.5. The standard InChI is InChI=1S/C28H34N2O6/c1-6-29(7-2)16-17-30-24(19-8-10-21(11-9-19)28(34)35-5)23(26(32)27(30)33)25(31)20-12-14-22(15-13-20)36-18(3)4/h8-15,18,24,31H,6-7,16-17H2,1-5H3/b25-23+. The second-order valence-electron chi connectivity index (χ2n) is 8.82. The lowest BCUT2D eigenvalue weighted by molar-refractivity contribution is -0.140. The Kier molecular flexibility index (Phi) is 8.88. The van der Waals surface area contributed by atoms with Gasteiger partial charge in [-0.05, 0) is 68.9 Å². The van der Waals surface area contributed by atoms with Crippen molar-refractivity contribution in [3.8, 4) is 5.75 Å². The van der Waals surface area contributed by atoms with Crippen LogP contribution in [0.15, 0.2) is 54.1 Å². The zero-order valence-corrected chi connectivity index (χ0v) is 21.5. The highest BCUT2D eigenvalue weighted by molar-refractivity contribution is 6.46. The third-order valence-electron chi connectivity index (χ3n) is 6.24. The van der Waals surface area contributed by atoms with E-state index in [1.807, 2.05) is 27.7 Å². The average Bonchev–Trinajstić information content (AvgIpc) is 3.13. The maximum atomic E-state index is 13.2. The molecule has 1 unspecified atom stereocenters. The zero-order valence-electron chi connectivity index (χ0n) is 21.5. The molecule has 36 heavy (non-hydrogen) atoms. The van der Waals surface area contributed by atoms with Crippen molar-refractivity contribution in [1.82, 2.24) is 9.80 Å². The first-order chi connectivity index (χ1) is 17.2. The average molecular weight is 495 g/mol. The lowest BCUT2D eigenvalue weighted by Gasteiger charge is -2.28. The fourth-order valence-electron chi connectivity index (χ4n) is 4.28. The number of benzene rings is 2. The Bertz CT molecular complexity index is 1120. The molecule has 1 aliphatic heterocycles. The highest BCUT2D eigenvalue weighted by Crippen LogP contribution is 2.39. The minimum atomic E-state index is -0.793. The molecule has 1 saturated heterocycles. The first-order valence-corrected chi connectivity index (χ1v) is 12.2. The van der Waals surface area contributed by atoms with E-state index in [0.717, 1.165) is 13.1 Å². The SMILES string of the molecule is CCN(CC)CCN1C(=O)C(=O)/C(=C(/O)c2ccc(OC(C)C)cc2)C1c1ccc(C(=O)OC)cc1. The molecule has 8 nitrogen and oxygen atoms in total. The number of Topliss-reactive ketones (excluding diaryl/α,β-unsaturated/α-hetero) is 1. The number of hydrogen-bond donors (Lipinski definition) is 1. The number of aliphatic hydroxyl groups excluding tert-OH is 1. The van der Waals surface area contributed by atoms with Crippen LogP contribution >= 0.6 is 0 Å². The van der Waals surface area contributed by atoms with Crippen LogP contribution in [0.1, 0.15) is 55.2 Å². The van der Waals surface area contributed by atoms with Crippen molar-refractivity contribution >= 4 is 23.4 Å². The van der Waals surface area contributed by atoms with Gasteiger partial charge < -0.3 is 24.4 Å². The van der Waals surface area contributed by atoms with E-state index in [1.165, 1.54) is 12.0 Å². The van der Waals surface area contributed by atoms with E-state index >= 15 is 0 Å². The van der Waals surface area contributed by atoms with Gasteiger partial charge in [-0.2, -0.15) is 0 Å². The molecule has 1 atom stereocenters. The van der Waals surface area contributed by atoms with E-state index in [9.17, 15) is 19.5 Å². The summed E-state index contributed by atoms with van der Waals surface area (Å²) < 4.78 is 10.4. The summed E-state index contributed by atoms with van der Waals surface area (Å²) in [5.74, 6) is -1.50. The maximum absolute atomic E-state index is 13.2. The Hall–Kier alpha value is -3.65. The summed E-state index contributed by atoms with van der Waals surface area (Å²) in [4.78, 5) is 41.9. The topological polar surface area (TPSA) is 96.4 Å². The summed E-state index contributed by atoms with van der Waals surface area (Å²) in [5.41, 5.74) is 1.39. The Morgan fingerprint density at radius 2 is 1.58 bits per heavy atom. The van der Waals surface area contributed by atoms with Gasteiger partial charge in [0.25, 0.3) is 11.7 Å². The Morgan fingerprint density at radius 1 is 1.00 bits per heavy atom. The Morgan fingerprint density at radius 3 is 2.11 bits per heavy atom. The van der Waals surface area contributed by atoms with Crippen molar-refractivity contribution in [3.63, 3.8) is 0 Å². The van der Waals surface area contributed by atoms with Gasteiger partial charge in [-0.15, -0.1) is 0 Å². The predicted molar refractivity (Wildman–Crippen MR) is 137 cm³/mol. The van der Waals surface area contributed by atoms with Gasteiger partial charge in [0.2, 0.25) is 0 Å². The van der Waals surface area contributed by atoms with Crippen molar-refractivity contribution in [3.05, 3.63) is 70.8 Å². The van der Waals surface area contributed by atoms with Crippen molar-refractivity contribution < 1.29 is 29.0 Å². The molecule has 2 aromatic carbocycles. The number of amides is 1. The lowest BCUT2D eigenvalue weighted by Crippen LogP contribution is -2.38. The number of likely N-dealkylation sites (N-methyl/N-ethyl adjacent to an activating group) is 1. The smallest absolute Gasteiger partial charge is 0.337 e. The number of nitrogens with zero attached hydrogens (tertiary/aromatic N) is 2. The molecular weight excluding hydrogens is 460 g/mol. The number of ketones is 1. The number of likely N-dealkylation sites (tertiary alicyclic amines) is 1. The van der Waals surface area contributed by atoms with Gasteiger partial charge in [0.05, 0.1) is 30.4 Å². The van der Waals surface area contributed by atoms with Crippen molar-refractivity contribution in [2.24, 2.45) is 0 Å². The molecule has 1 heterocycles. The number of aliphatic hydroxyl groups is 1. The first-order valence-electron chi connectivity index (χ1n) is 12.2. The largest absolute Gasteiger partial charge is 0.507 e. The number of methoxy groups -OCH3 is 1. The van der Waals surface area contributed by atoms with E-state index < -0.39 is 23.7 Å². The maximum Gasteiger partial charge on any atom is 0.337 e. The lowest BCUT2D eigenvalue weighted by atomic mass is 9.94. The summed E-state index contributed by atoms with van der Waals surface area (Å²) in [6.45, 7) is 10.4. The van der Waals surface area contributed by atoms with Crippen molar-refractivity contribution in [2.45, 2.75) is 39.8 Å². The second-order valence-corrected chi connectivity index (χ2v) is 8.82. The van der Waals surface area contributed by atoms with E-state index in [-0.39, 0.29) is 17.4 Å². The second kappa shape index (κ2) is 11.9. The molecule has 2 aromatic rings. The van der Waals surface area contributed by atoms with E-state index in [2.05, 4.69) is 4.90 Å². The fraction of sp³-hybridized carbons (Fsp3) is 0.393. The Balaban J connectivity index is 2.06. The summed E-state index contributed by atoms with van der Waals surface area (Å²) in [6.07, 6.45) is -0.00598. The summed E-state index contributed by atoms with van der Waals surface area (Å²) >= 11 is 0. The van der Waals surface area contributed by atoms with Crippen LogP contribution in [0.25, 0.3) is 5.76 Å². The monoisotopic (exact) mass is 494 g/mol. The van der Waals surface area contributed by atoms with Crippen LogP contribution in [-0.4, -0.2) is 72.0 Å². The van der Waals surface area contributed by atoms with Crippen LogP contribution in [0.5, 0.6) is 5.75 Å². The highest BCUT2D eigenvalue weighted by Gasteiger charge is 2.46. The van der Waals surface area contributed by atoms with Crippen LogP contribution in [0, 0.1) is 0 Å². The van der Waals surface area contributed by atoms with Crippen LogP contribution in [0.4, 0.5) is 0 Å². The molecule has 0 aromatic heterocycles. The number of ether oxygens (including phenoxy) is 2. The molecule has 3 rings (SSSR count). The van der Waals surface area contributed by atoms with Gasteiger partial charge in [-0.25, -0.2) is 4.79 Å². The molecule has 1 N–H and O–H groups in total. The quantitative estimate of drug-likeness (QED) is 0.231. The number of carbonyl (C=O) groups excluding carboxylic acids is 3. The fourth-order valence-corrected chi connectivity index (χ4v) is 4.28. The molecule has 8 heteroatoms. The van der Waals surface area contributed by atoms with Crippen molar-refractivity contribution in [1.29, 1.82) is 0 Å². The number of hydrogen-bond acceptors (Lipinski definition) is 7. The van der Waals surface area contributed by atoms with Gasteiger partial charge in [0.15, 0.2) is 0 Å². The van der Waals surface area contributed by atoms with Gasteiger partial charge in [0.1, 0.15) is 11.5 Å². The Labute approximate surface area is 212 Å². The molecule has 0 bridgehead atoms. The zero-order chi connectivity index (χ0) is 26.4. The molecule has 0 aliphatic carbocycles. The van der Waals surface area contributed by atoms with Gasteiger partial charge in [0, 0.05) is 18.7 Å². The summed E-state index contributed by atoms with van der Waals surface area (Å²) in [7, 11) is 1.30. The molecule has 0 radical (unpaired) electrons. The molecule has 1 fully saturated rings. The molecule has 1 amide bonds. The van der Waals surface area contributed by atoms with Crippen molar-refractivity contribution in [2.75, 3.05) is 33.3 Å². The van der Waals surface area contributed by atoms with Crippen LogP contribution in [-0.2, 0) is 14.3 Å². The molecular formula is C28H34N2O6. The van der Waals surface area contributed by atoms with Gasteiger partial charge in [-0.1, -0.05) is 26.0 Å². The predicted octanol–water partition coefficient (Wildman–Crippen LogP) is 4.02. The van der Waals surface area contributed by atoms with E-state index in [0.29, 0.717) is 35.5 Å². The number of carbonyl (C=O) groups is 3. The van der Waals surface area contributed by atoms with Crippen LogP contribution in [0.2, 0.25) is 0 Å². The minimum absolute atomic E-state index is 0.00598. The molecule has 0 spiro atoms. The number of rotatable bonds is 10. The van der Waals surface area contributed by atoms with Crippen LogP contribution in [0.3, 0.4) is 0 Å². The van der Waals surface area contributed by atoms with Gasteiger partial charge in [-0.3, -0.25) is 9.59 Å². The number of esters is 1. The third kappa shape index (κ3) is 5.76. The van der Waals surface area contributed by atoms with Gasteiger partial charge >= 0.3 is 5.97 Å². The molecule has 0 saturated carbocycles. The normalized spacial score (nSPS) is 17.2. The van der Waals surface area contributed by atoms with Crippen LogP contribution < -0.4 is 4.74 Å². The van der Waals surface area contributed by atoms with E-state index in [1.54, 1.807) is 48.5 Å². The van der Waals surface area contributed by atoms with E-state index in [4.69, 9.17) is 9.47 Å². The third-order valence-corrected chi connectivity index (χ3v) is 6.24.